The molecule has 0 unspecified atom stereocenters. The van der Waals surface area contributed by atoms with Gasteiger partial charge in [0.05, 0.1) is 0 Å². The van der Waals surface area contributed by atoms with Gasteiger partial charge in [0.15, 0.2) is 0 Å². The highest BCUT2D eigenvalue weighted by Crippen LogP contribution is 2.34. The largest absolute Gasteiger partial charge is 0.445 e. The minimum Gasteiger partial charge on any atom is -0.445 e. The number of ether oxygens (including phenoxy) is 2. The van der Waals surface area contributed by atoms with Crippen LogP contribution < -0.4 is 5.32 Å². The number of allylic oxidation sites excluding steroid dienone is 1. The average molecular weight is 303 g/mol. The van der Waals surface area contributed by atoms with Gasteiger partial charge < -0.3 is 14.8 Å². The van der Waals surface area contributed by atoms with Crippen LogP contribution in [0.5, 0.6) is 0 Å². The summed E-state index contributed by atoms with van der Waals surface area (Å²) in [6, 6.07) is 9.69. The third-order valence-corrected chi connectivity index (χ3v) is 4.25. The fourth-order valence-electron chi connectivity index (χ4n) is 2.76. The SMILES string of the molecule is C=CCCC1(CNC(=O)OCc2ccccc2)CCOCC1. The molecule has 1 aromatic rings. The van der Waals surface area contributed by atoms with Gasteiger partial charge in [-0.3, -0.25) is 0 Å². The second-order valence-corrected chi connectivity index (χ2v) is 5.86. The Labute approximate surface area is 132 Å². The Morgan fingerprint density at radius 1 is 1.32 bits per heavy atom. The molecule has 0 radical (unpaired) electrons. The predicted octanol–water partition coefficient (Wildman–Crippen LogP) is 3.68. The van der Waals surface area contributed by atoms with Crippen LogP contribution in [0.1, 0.15) is 31.2 Å². The second-order valence-electron chi connectivity index (χ2n) is 5.86. The van der Waals surface area contributed by atoms with Crippen molar-refractivity contribution in [1.29, 1.82) is 0 Å². The molecule has 1 N–H and O–H groups in total. The highest BCUT2D eigenvalue weighted by atomic mass is 16.5. The molecule has 0 atom stereocenters. The maximum Gasteiger partial charge on any atom is 0.407 e. The molecule has 1 amide bonds. The number of benzene rings is 1. The molecule has 4 nitrogen and oxygen atoms in total. The first-order valence-corrected chi connectivity index (χ1v) is 7.87. The second kappa shape index (κ2) is 8.59. The van der Waals surface area contributed by atoms with E-state index in [4.69, 9.17) is 9.47 Å². The first-order chi connectivity index (χ1) is 10.7. The molecule has 22 heavy (non-hydrogen) atoms. The van der Waals surface area contributed by atoms with E-state index in [-0.39, 0.29) is 11.5 Å². The molecule has 1 saturated heterocycles. The fourth-order valence-corrected chi connectivity index (χ4v) is 2.76. The fraction of sp³-hybridized carbons (Fsp3) is 0.500. The van der Waals surface area contributed by atoms with E-state index in [1.54, 1.807) is 0 Å². The van der Waals surface area contributed by atoms with Crippen molar-refractivity contribution in [2.75, 3.05) is 19.8 Å². The normalized spacial score (nSPS) is 16.7. The molecule has 1 fully saturated rings. The molecule has 1 aliphatic heterocycles. The number of carbonyl (C=O) groups excluding carboxylic acids is 1. The number of carbonyl (C=O) groups is 1. The lowest BCUT2D eigenvalue weighted by Crippen LogP contribution is -2.41. The van der Waals surface area contributed by atoms with E-state index < -0.39 is 0 Å². The van der Waals surface area contributed by atoms with Gasteiger partial charge in [-0.2, -0.15) is 0 Å². The number of hydrogen-bond acceptors (Lipinski definition) is 3. The maximum atomic E-state index is 11.9. The first-order valence-electron chi connectivity index (χ1n) is 7.87. The number of hydrogen-bond donors (Lipinski definition) is 1. The van der Waals surface area contributed by atoms with Gasteiger partial charge in [-0.1, -0.05) is 36.4 Å². The Kier molecular flexibility index (Phi) is 6.46. The monoisotopic (exact) mass is 303 g/mol. The van der Waals surface area contributed by atoms with Crippen LogP contribution >= 0.6 is 0 Å². The van der Waals surface area contributed by atoms with E-state index in [0.717, 1.165) is 44.5 Å². The molecule has 0 aromatic heterocycles. The lowest BCUT2D eigenvalue weighted by atomic mass is 9.76. The Hall–Kier alpha value is -1.81. The van der Waals surface area contributed by atoms with Gasteiger partial charge >= 0.3 is 6.09 Å². The summed E-state index contributed by atoms with van der Waals surface area (Å²) in [5.74, 6) is 0. The van der Waals surface area contributed by atoms with Crippen molar-refractivity contribution >= 4 is 6.09 Å². The van der Waals surface area contributed by atoms with Crippen LogP contribution in [-0.2, 0) is 16.1 Å². The van der Waals surface area contributed by atoms with Crippen molar-refractivity contribution in [2.24, 2.45) is 5.41 Å². The molecule has 0 aliphatic carbocycles. The molecule has 2 rings (SSSR count). The smallest absolute Gasteiger partial charge is 0.407 e. The summed E-state index contributed by atoms with van der Waals surface area (Å²) in [4.78, 5) is 11.9. The van der Waals surface area contributed by atoms with E-state index in [9.17, 15) is 4.79 Å². The average Bonchev–Trinajstić information content (AvgIpc) is 2.58. The molecule has 120 valence electrons. The molecular formula is C18H25NO3. The van der Waals surface area contributed by atoms with Crippen LogP contribution in [0.4, 0.5) is 4.79 Å². The van der Waals surface area contributed by atoms with Gasteiger partial charge in [0.25, 0.3) is 0 Å². The molecule has 4 heteroatoms. The third kappa shape index (κ3) is 5.19. The van der Waals surface area contributed by atoms with Gasteiger partial charge in [0.2, 0.25) is 0 Å². The molecule has 1 heterocycles. The van der Waals surface area contributed by atoms with E-state index >= 15 is 0 Å². The quantitative estimate of drug-likeness (QED) is 0.782. The molecular weight excluding hydrogens is 278 g/mol. The zero-order valence-corrected chi connectivity index (χ0v) is 13.1. The van der Waals surface area contributed by atoms with E-state index in [1.165, 1.54) is 0 Å². The van der Waals surface area contributed by atoms with E-state index in [1.807, 2.05) is 36.4 Å². The van der Waals surface area contributed by atoms with Gasteiger partial charge in [-0.25, -0.2) is 4.79 Å². The van der Waals surface area contributed by atoms with E-state index in [0.29, 0.717) is 13.2 Å². The maximum absolute atomic E-state index is 11.9. The summed E-state index contributed by atoms with van der Waals surface area (Å²) in [6.07, 6.45) is 5.51. The molecule has 0 bridgehead atoms. The summed E-state index contributed by atoms with van der Waals surface area (Å²) >= 11 is 0. The number of alkyl carbamates (subject to hydrolysis) is 1. The summed E-state index contributed by atoms with van der Waals surface area (Å²) in [6.45, 7) is 6.25. The first kappa shape index (κ1) is 16.6. The Morgan fingerprint density at radius 3 is 2.73 bits per heavy atom. The van der Waals surface area contributed by atoms with Crippen LogP contribution in [0, 0.1) is 5.41 Å². The summed E-state index contributed by atoms with van der Waals surface area (Å²) < 4.78 is 10.7. The molecule has 0 saturated carbocycles. The zero-order valence-electron chi connectivity index (χ0n) is 13.1. The third-order valence-electron chi connectivity index (χ3n) is 4.25. The van der Waals surface area contributed by atoms with Gasteiger partial charge in [0.1, 0.15) is 6.61 Å². The summed E-state index contributed by atoms with van der Waals surface area (Å²) in [5, 5.41) is 2.92. The Bertz CT molecular complexity index is 466. The highest BCUT2D eigenvalue weighted by molar-refractivity contribution is 5.67. The summed E-state index contributed by atoms with van der Waals surface area (Å²) in [7, 11) is 0. The van der Waals surface area contributed by atoms with Crippen molar-refractivity contribution < 1.29 is 14.3 Å². The van der Waals surface area contributed by atoms with Crippen molar-refractivity contribution in [3.05, 3.63) is 48.6 Å². The Balaban J connectivity index is 1.78. The predicted molar refractivity (Wildman–Crippen MR) is 86.5 cm³/mol. The minimum absolute atomic E-state index is 0.109. The molecule has 1 aliphatic rings. The van der Waals surface area contributed by atoms with Crippen LogP contribution in [0.3, 0.4) is 0 Å². The lowest BCUT2D eigenvalue weighted by Gasteiger charge is -2.37. The van der Waals surface area contributed by atoms with Crippen molar-refractivity contribution in [3.8, 4) is 0 Å². The topological polar surface area (TPSA) is 47.6 Å². The van der Waals surface area contributed by atoms with Crippen molar-refractivity contribution in [3.63, 3.8) is 0 Å². The zero-order chi connectivity index (χ0) is 15.7. The lowest BCUT2D eigenvalue weighted by molar-refractivity contribution is 0.0104. The van der Waals surface area contributed by atoms with Crippen LogP contribution in [0.15, 0.2) is 43.0 Å². The Morgan fingerprint density at radius 2 is 2.05 bits per heavy atom. The van der Waals surface area contributed by atoms with Gasteiger partial charge in [-0.05, 0) is 36.7 Å². The van der Waals surface area contributed by atoms with Gasteiger partial charge in [0, 0.05) is 19.8 Å². The summed E-state index contributed by atoms with van der Waals surface area (Å²) in [5.41, 5.74) is 1.10. The molecule has 1 aromatic carbocycles. The van der Waals surface area contributed by atoms with Crippen molar-refractivity contribution in [2.45, 2.75) is 32.3 Å². The number of rotatable bonds is 7. The number of amides is 1. The number of nitrogens with one attached hydrogen (secondary N) is 1. The van der Waals surface area contributed by atoms with E-state index in [2.05, 4.69) is 11.9 Å². The minimum atomic E-state index is -0.353. The van der Waals surface area contributed by atoms with Crippen molar-refractivity contribution in [1.82, 2.24) is 5.32 Å². The highest BCUT2D eigenvalue weighted by Gasteiger charge is 2.32. The van der Waals surface area contributed by atoms with Crippen LogP contribution in [-0.4, -0.2) is 25.9 Å². The molecule has 0 spiro atoms. The van der Waals surface area contributed by atoms with Crippen LogP contribution in [0.25, 0.3) is 0 Å². The standard InChI is InChI=1S/C18H25NO3/c1-2-3-9-18(10-12-21-13-11-18)15-19-17(20)22-14-16-7-5-4-6-8-16/h2,4-8H,1,3,9-15H2,(H,19,20). The van der Waals surface area contributed by atoms with Gasteiger partial charge in [-0.15, -0.1) is 6.58 Å². The van der Waals surface area contributed by atoms with Crippen LogP contribution in [0.2, 0.25) is 0 Å².